The summed E-state index contributed by atoms with van der Waals surface area (Å²) in [5, 5.41) is 0. The Morgan fingerprint density at radius 3 is 2.04 bits per heavy atom. The summed E-state index contributed by atoms with van der Waals surface area (Å²) in [6.45, 7) is 11.5. The lowest BCUT2D eigenvalue weighted by Gasteiger charge is -2.26. The summed E-state index contributed by atoms with van der Waals surface area (Å²) in [5.74, 6) is -0.0363. The fraction of sp³-hybridized carbons (Fsp3) is 0.900. The van der Waals surface area contributed by atoms with Crippen LogP contribution in [-0.4, -0.2) is 48.8 Å². The van der Waals surface area contributed by atoms with Crippen molar-refractivity contribution in [3.8, 4) is 0 Å². The summed E-state index contributed by atoms with van der Waals surface area (Å²) in [5.41, 5.74) is 4.26. The third kappa shape index (κ3) is 17.5. The second kappa shape index (κ2) is 14.8. The van der Waals surface area contributed by atoms with E-state index in [1.165, 1.54) is 64.6 Å². The molecule has 1 fully saturated rings. The molecule has 0 spiro atoms. The Labute approximate surface area is 159 Å². The van der Waals surface area contributed by atoms with Gasteiger partial charge in [-0.3, -0.25) is 4.79 Å². The van der Waals surface area contributed by atoms with Gasteiger partial charge in [0.2, 0.25) is 0 Å². The molecule has 26 heavy (non-hydrogen) atoms. The molecule has 154 valence electrons. The van der Waals surface area contributed by atoms with E-state index in [2.05, 4.69) is 9.64 Å². The van der Waals surface area contributed by atoms with Crippen LogP contribution >= 0.6 is 0 Å². The van der Waals surface area contributed by atoms with Crippen molar-refractivity contribution in [2.24, 2.45) is 5.73 Å². The summed E-state index contributed by atoms with van der Waals surface area (Å²) in [7, 11) is 0. The van der Waals surface area contributed by atoms with Gasteiger partial charge in [-0.25, -0.2) is 4.79 Å². The molecular formula is C20H40N2O4. The predicted molar refractivity (Wildman–Crippen MR) is 105 cm³/mol. The summed E-state index contributed by atoms with van der Waals surface area (Å²) in [4.78, 5) is 23.7. The maximum Gasteiger partial charge on any atom is 0.405 e. The van der Waals surface area contributed by atoms with Crippen LogP contribution in [0.25, 0.3) is 0 Å². The van der Waals surface area contributed by atoms with Crippen LogP contribution in [0.3, 0.4) is 0 Å². The molecule has 6 heteroatoms. The minimum absolute atomic E-state index is 0.0363. The number of esters is 1. The first-order valence-electron chi connectivity index (χ1n) is 10.1. The highest BCUT2D eigenvalue weighted by Gasteiger charge is 2.12. The topological polar surface area (TPSA) is 81.9 Å². The lowest BCUT2D eigenvalue weighted by molar-refractivity contribution is -0.143. The third-order valence-corrected chi connectivity index (χ3v) is 4.02. The van der Waals surface area contributed by atoms with Crippen molar-refractivity contribution in [3.05, 3.63) is 0 Å². The van der Waals surface area contributed by atoms with E-state index in [0.29, 0.717) is 13.0 Å². The molecule has 0 aromatic heterocycles. The largest absolute Gasteiger partial charge is 0.466 e. The van der Waals surface area contributed by atoms with Crippen LogP contribution < -0.4 is 5.73 Å². The zero-order valence-corrected chi connectivity index (χ0v) is 17.3. The summed E-state index contributed by atoms with van der Waals surface area (Å²) in [6, 6.07) is 0. The Morgan fingerprint density at radius 1 is 0.962 bits per heavy atom. The molecule has 1 rings (SSSR count). The number of likely N-dealkylation sites (tertiary alicyclic amines) is 1. The highest BCUT2D eigenvalue weighted by Crippen LogP contribution is 2.11. The van der Waals surface area contributed by atoms with Crippen molar-refractivity contribution >= 4 is 12.1 Å². The van der Waals surface area contributed by atoms with Gasteiger partial charge in [-0.15, -0.1) is 0 Å². The maximum absolute atomic E-state index is 11.1. The number of ether oxygens (including phenoxy) is 2. The van der Waals surface area contributed by atoms with Crippen LogP contribution in [0.5, 0.6) is 0 Å². The van der Waals surface area contributed by atoms with E-state index in [1.807, 2.05) is 6.92 Å². The highest BCUT2D eigenvalue weighted by atomic mass is 16.6. The number of unbranched alkanes of at least 4 members (excludes halogenated alkanes) is 4. The summed E-state index contributed by atoms with van der Waals surface area (Å²) >= 11 is 0. The van der Waals surface area contributed by atoms with Gasteiger partial charge in [-0.05, 0) is 73.0 Å². The van der Waals surface area contributed by atoms with Crippen molar-refractivity contribution in [1.82, 2.24) is 4.90 Å². The third-order valence-electron chi connectivity index (χ3n) is 4.02. The number of carbonyl (C=O) groups is 2. The zero-order chi connectivity index (χ0) is 19.8. The molecule has 0 radical (unpaired) electrons. The number of rotatable bonds is 9. The smallest absolute Gasteiger partial charge is 0.405 e. The number of amides is 1. The van der Waals surface area contributed by atoms with Crippen LogP contribution in [0.4, 0.5) is 4.79 Å². The van der Waals surface area contributed by atoms with Gasteiger partial charge in [0.05, 0.1) is 6.61 Å². The van der Waals surface area contributed by atoms with Gasteiger partial charge in [0, 0.05) is 6.42 Å². The van der Waals surface area contributed by atoms with E-state index in [-0.39, 0.29) is 5.97 Å². The van der Waals surface area contributed by atoms with Crippen LogP contribution in [0.15, 0.2) is 0 Å². The van der Waals surface area contributed by atoms with Crippen molar-refractivity contribution < 1.29 is 19.1 Å². The van der Waals surface area contributed by atoms with Crippen LogP contribution in [0, 0.1) is 0 Å². The number of hydrogen-bond donors (Lipinski definition) is 1. The van der Waals surface area contributed by atoms with E-state index in [4.69, 9.17) is 10.5 Å². The monoisotopic (exact) mass is 372 g/mol. The average molecular weight is 373 g/mol. The molecule has 0 unspecified atom stereocenters. The number of carbonyl (C=O) groups excluding carboxylic acids is 2. The van der Waals surface area contributed by atoms with Gasteiger partial charge in [-0.2, -0.15) is 0 Å². The van der Waals surface area contributed by atoms with Gasteiger partial charge in [0.15, 0.2) is 0 Å². The van der Waals surface area contributed by atoms with Gasteiger partial charge in [0.25, 0.3) is 0 Å². The number of nitrogens with zero attached hydrogens (tertiary/aromatic N) is 1. The molecule has 0 aromatic rings. The molecule has 0 aliphatic carbocycles. The minimum Gasteiger partial charge on any atom is -0.466 e. The van der Waals surface area contributed by atoms with E-state index in [1.54, 1.807) is 20.8 Å². The Bertz CT molecular complexity index is 374. The van der Waals surface area contributed by atoms with E-state index in [0.717, 1.165) is 6.42 Å². The first-order valence-corrected chi connectivity index (χ1v) is 10.1. The van der Waals surface area contributed by atoms with Gasteiger partial charge < -0.3 is 20.1 Å². The fourth-order valence-electron chi connectivity index (χ4n) is 2.85. The van der Waals surface area contributed by atoms with Crippen molar-refractivity contribution in [1.29, 1.82) is 0 Å². The molecule has 0 aromatic carbocycles. The van der Waals surface area contributed by atoms with Gasteiger partial charge >= 0.3 is 12.1 Å². The van der Waals surface area contributed by atoms with Crippen LogP contribution in [0.1, 0.15) is 85.5 Å². The number of nitrogens with two attached hydrogens (primary N) is 1. The lowest BCUT2D eigenvalue weighted by Crippen LogP contribution is -2.30. The van der Waals surface area contributed by atoms with Crippen LogP contribution in [0.2, 0.25) is 0 Å². The van der Waals surface area contributed by atoms with Gasteiger partial charge in [0.1, 0.15) is 5.60 Å². The second-order valence-electron chi connectivity index (χ2n) is 7.76. The van der Waals surface area contributed by atoms with Crippen LogP contribution in [-0.2, 0) is 14.3 Å². The quantitative estimate of drug-likeness (QED) is 0.483. The molecular weight excluding hydrogens is 332 g/mol. The Balaban J connectivity index is 0.000000660. The van der Waals surface area contributed by atoms with Crippen molar-refractivity contribution in [2.75, 3.05) is 26.2 Å². The zero-order valence-electron chi connectivity index (χ0n) is 17.3. The first kappa shape index (κ1) is 24.7. The van der Waals surface area contributed by atoms with Gasteiger partial charge in [-0.1, -0.05) is 25.7 Å². The van der Waals surface area contributed by atoms with Crippen molar-refractivity contribution in [2.45, 2.75) is 91.1 Å². The SMILES string of the molecule is CC(C)(C)OC(N)=O.CCOC(=O)CCCCCCCN1CCCCC1. The minimum atomic E-state index is -0.725. The van der Waals surface area contributed by atoms with E-state index < -0.39 is 11.7 Å². The predicted octanol–water partition coefficient (Wildman–Crippen LogP) is 4.26. The Morgan fingerprint density at radius 2 is 1.54 bits per heavy atom. The second-order valence-corrected chi connectivity index (χ2v) is 7.76. The normalized spacial score (nSPS) is 14.9. The average Bonchev–Trinajstić information content (AvgIpc) is 2.53. The summed E-state index contributed by atoms with van der Waals surface area (Å²) < 4.78 is 9.48. The molecule has 1 saturated heterocycles. The molecule has 6 nitrogen and oxygen atoms in total. The molecule has 1 amide bonds. The molecule has 1 aliphatic rings. The summed E-state index contributed by atoms with van der Waals surface area (Å²) in [6.07, 6.45) is 10.1. The maximum atomic E-state index is 11.1. The molecule has 0 bridgehead atoms. The Hall–Kier alpha value is -1.30. The molecule has 1 heterocycles. The molecule has 1 aliphatic heterocycles. The van der Waals surface area contributed by atoms with Crippen molar-refractivity contribution in [3.63, 3.8) is 0 Å². The number of piperidine rings is 1. The number of hydrogen-bond acceptors (Lipinski definition) is 5. The first-order chi connectivity index (χ1) is 12.2. The van der Waals surface area contributed by atoms with E-state index in [9.17, 15) is 9.59 Å². The highest BCUT2D eigenvalue weighted by molar-refractivity contribution is 5.69. The Kier molecular flexibility index (Phi) is 14.1. The lowest BCUT2D eigenvalue weighted by atomic mass is 10.1. The standard InChI is InChI=1S/C15H29NO2.C5H11NO2/c1-2-18-15(17)11-7-4-3-5-8-12-16-13-9-6-10-14-16;1-5(2,3)8-4(6)7/h2-14H2,1H3;1-3H3,(H2,6,7). The number of primary amides is 1. The fourth-order valence-corrected chi connectivity index (χ4v) is 2.85. The molecule has 2 N–H and O–H groups in total. The van der Waals surface area contributed by atoms with E-state index >= 15 is 0 Å². The molecule has 0 saturated carbocycles. The molecule has 0 atom stereocenters.